The molecule has 0 unspecified atom stereocenters. The molecule has 0 N–H and O–H groups in total. The topological polar surface area (TPSA) is 50.3 Å². The summed E-state index contributed by atoms with van der Waals surface area (Å²) < 4.78 is 0.765. The number of Topliss-reactive ketones (excluding diaryl/α,β-unsaturated/α-hetero) is 1. The molecule has 1 aromatic heterocycles. The molecule has 2 rings (SSSR count). The second kappa shape index (κ2) is 4.74. The van der Waals surface area contributed by atoms with Crippen LogP contribution in [0.3, 0.4) is 0 Å². The van der Waals surface area contributed by atoms with Crippen LogP contribution in [0.25, 0.3) is 0 Å². The Morgan fingerprint density at radius 1 is 1.44 bits per heavy atom. The molecule has 1 aromatic rings. The molecule has 1 saturated heterocycles. The van der Waals surface area contributed by atoms with Gasteiger partial charge in [0.15, 0.2) is 5.78 Å². The van der Waals surface area contributed by atoms with Gasteiger partial charge >= 0.3 is 0 Å². The van der Waals surface area contributed by atoms with Crippen LogP contribution in [0.2, 0.25) is 0 Å². The van der Waals surface area contributed by atoms with E-state index in [9.17, 15) is 9.59 Å². The Morgan fingerprint density at radius 3 is 2.94 bits per heavy atom. The van der Waals surface area contributed by atoms with E-state index in [-0.39, 0.29) is 18.2 Å². The molecular weight excluding hydrogens is 272 g/mol. The number of nitrogens with zero attached hydrogens (tertiary/aromatic N) is 2. The first-order chi connectivity index (χ1) is 7.66. The summed E-state index contributed by atoms with van der Waals surface area (Å²) in [6, 6.07) is 1.72. The highest BCUT2D eigenvalue weighted by molar-refractivity contribution is 9.10. The molecule has 0 radical (unpaired) electrons. The Kier molecular flexibility index (Phi) is 3.33. The minimum atomic E-state index is -0.123. The molecule has 2 heterocycles. The van der Waals surface area contributed by atoms with Crippen molar-refractivity contribution in [2.24, 2.45) is 0 Å². The van der Waals surface area contributed by atoms with Crippen molar-refractivity contribution < 1.29 is 9.59 Å². The van der Waals surface area contributed by atoms with Gasteiger partial charge in [-0.1, -0.05) is 0 Å². The van der Waals surface area contributed by atoms with E-state index in [4.69, 9.17) is 0 Å². The molecule has 1 aliphatic heterocycles. The lowest BCUT2D eigenvalue weighted by Crippen LogP contribution is -2.40. The molecule has 0 aromatic carbocycles. The maximum Gasteiger partial charge on any atom is 0.255 e. The molecule has 16 heavy (non-hydrogen) atoms. The third-order valence-corrected chi connectivity index (χ3v) is 2.92. The summed E-state index contributed by atoms with van der Waals surface area (Å²) in [6.45, 7) is 0.877. The van der Waals surface area contributed by atoms with Gasteiger partial charge in [-0.3, -0.25) is 14.6 Å². The van der Waals surface area contributed by atoms with Crippen molar-refractivity contribution in [3.8, 4) is 0 Å². The van der Waals surface area contributed by atoms with Gasteiger partial charge in [-0.2, -0.15) is 0 Å². The fourth-order valence-electron chi connectivity index (χ4n) is 1.72. The van der Waals surface area contributed by atoms with Crippen LogP contribution in [-0.2, 0) is 4.79 Å². The third kappa shape index (κ3) is 2.47. The van der Waals surface area contributed by atoms with Gasteiger partial charge in [0.05, 0.1) is 12.1 Å². The number of halogens is 1. The van der Waals surface area contributed by atoms with Crippen LogP contribution in [0.1, 0.15) is 23.2 Å². The van der Waals surface area contributed by atoms with E-state index in [1.165, 1.54) is 6.20 Å². The van der Waals surface area contributed by atoms with E-state index in [0.717, 1.165) is 10.9 Å². The predicted octanol–water partition coefficient (Wildman–Crippen LogP) is 1.65. The Bertz CT molecular complexity index is 434. The molecule has 5 heteroatoms. The van der Waals surface area contributed by atoms with E-state index in [1.54, 1.807) is 17.2 Å². The molecular formula is C11H11BrN2O2. The maximum absolute atomic E-state index is 12.0. The molecule has 0 saturated carbocycles. The quantitative estimate of drug-likeness (QED) is 0.787. The molecule has 84 valence electrons. The van der Waals surface area contributed by atoms with Crippen LogP contribution in [0.5, 0.6) is 0 Å². The van der Waals surface area contributed by atoms with Gasteiger partial charge in [-0.05, 0) is 28.4 Å². The van der Waals surface area contributed by atoms with Gasteiger partial charge in [0, 0.05) is 29.8 Å². The van der Waals surface area contributed by atoms with E-state index in [0.29, 0.717) is 18.5 Å². The number of amides is 1. The van der Waals surface area contributed by atoms with Crippen molar-refractivity contribution in [3.05, 3.63) is 28.5 Å². The lowest BCUT2D eigenvalue weighted by molar-refractivity contribution is -0.121. The first kappa shape index (κ1) is 11.3. The van der Waals surface area contributed by atoms with Gasteiger partial charge < -0.3 is 4.90 Å². The van der Waals surface area contributed by atoms with Crippen molar-refractivity contribution in [1.29, 1.82) is 0 Å². The van der Waals surface area contributed by atoms with Crippen molar-refractivity contribution in [2.75, 3.05) is 13.1 Å². The third-order valence-electron chi connectivity index (χ3n) is 2.49. The summed E-state index contributed by atoms with van der Waals surface area (Å²) in [6.07, 6.45) is 4.48. The molecule has 1 amide bonds. The number of ketones is 1. The number of rotatable bonds is 1. The van der Waals surface area contributed by atoms with Gasteiger partial charge in [-0.15, -0.1) is 0 Å². The molecule has 0 spiro atoms. The normalized spacial score (nSPS) is 16.3. The Morgan fingerprint density at radius 2 is 2.25 bits per heavy atom. The Hall–Kier alpha value is -1.23. The number of carbonyl (C=O) groups excluding carboxylic acids is 2. The summed E-state index contributed by atoms with van der Waals surface area (Å²) in [4.78, 5) is 28.8. The molecule has 0 aliphatic carbocycles. The average molecular weight is 283 g/mol. The van der Waals surface area contributed by atoms with Crippen molar-refractivity contribution in [2.45, 2.75) is 12.8 Å². The van der Waals surface area contributed by atoms with Gasteiger partial charge in [0.25, 0.3) is 5.91 Å². The second-order valence-corrected chi connectivity index (χ2v) is 4.68. The van der Waals surface area contributed by atoms with Crippen LogP contribution in [0, 0.1) is 0 Å². The summed E-state index contributed by atoms with van der Waals surface area (Å²) in [5.41, 5.74) is 0.518. The molecule has 1 fully saturated rings. The van der Waals surface area contributed by atoms with Crippen LogP contribution >= 0.6 is 15.9 Å². The van der Waals surface area contributed by atoms with E-state index >= 15 is 0 Å². The fraction of sp³-hybridized carbons (Fsp3) is 0.364. The van der Waals surface area contributed by atoms with Crippen LogP contribution in [-0.4, -0.2) is 34.7 Å². The zero-order valence-electron chi connectivity index (χ0n) is 8.65. The largest absolute Gasteiger partial charge is 0.331 e. The number of hydrogen-bond donors (Lipinski definition) is 0. The van der Waals surface area contributed by atoms with Crippen LogP contribution in [0.4, 0.5) is 0 Å². The van der Waals surface area contributed by atoms with Crippen molar-refractivity contribution in [1.82, 2.24) is 9.88 Å². The first-order valence-electron chi connectivity index (χ1n) is 5.08. The lowest BCUT2D eigenvalue weighted by Gasteiger charge is -2.25. The van der Waals surface area contributed by atoms with E-state index in [2.05, 4.69) is 20.9 Å². The molecule has 0 atom stereocenters. The maximum atomic E-state index is 12.0. The van der Waals surface area contributed by atoms with Crippen LogP contribution in [0.15, 0.2) is 22.9 Å². The number of hydrogen-bond acceptors (Lipinski definition) is 3. The zero-order chi connectivity index (χ0) is 11.5. The lowest BCUT2D eigenvalue weighted by atomic mass is 10.1. The molecule has 0 bridgehead atoms. The smallest absolute Gasteiger partial charge is 0.255 e. The molecule has 1 aliphatic rings. The monoisotopic (exact) mass is 282 g/mol. The number of pyridine rings is 1. The van der Waals surface area contributed by atoms with Gasteiger partial charge in [-0.25, -0.2) is 0 Å². The summed E-state index contributed by atoms with van der Waals surface area (Å²) >= 11 is 3.27. The molecule has 4 nitrogen and oxygen atoms in total. The number of carbonyl (C=O) groups is 2. The first-order valence-corrected chi connectivity index (χ1v) is 5.87. The minimum absolute atomic E-state index is 0.123. The van der Waals surface area contributed by atoms with Gasteiger partial charge in [0.2, 0.25) is 0 Å². The van der Waals surface area contributed by atoms with Crippen molar-refractivity contribution in [3.63, 3.8) is 0 Å². The summed E-state index contributed by atoms with van der Waals surface area (Å²) in [7, 11) is 0. The fourth-order valence-corrected chi connectivity index (χ4v) is 2.09. The highest BCUT2D eigenvalue weighted by Gasteiger charge is 2.22. The predicted molar refractivity (Wildman–Crippen MR) is 62.1 cm³/mol. The summed E-state index contributed by atoms with van der Waals surface area (Å²) in [5.74, 6) is 0.00408. The number of aromatic nitrogens is 1. The summed E-state index contributed by atoms with van der Waals surface area (Å²) in [5, 5.41) is 0. The minimum Gasteiger partial charge on any atom is -0.331 e. The van der Waals surface area contributed by atoms with Gasteiger partial charge in [0.1, 0.15) is 0 Å². The Balaban J connectivity index is 2.15. The van der Waals surface area contributed by atoms with E-state index in [1.807, 2.05) is 0 Å². The highest BCUT2D eigenvalue weighted by Crippen LogP contribution is 2.14. The standard InChI is InChI=1S/C11H11BrN2O2/c12-9-4-8(5-13-6-9)11(16)14-3-1-2-10(15)7-14/h4-6H,1-3,7H2. The second-order valence-electron chi connectivity index (χ2n) is 3.76. The van der Waals surface area contributed by atoms with Crippen LogP contribution < -0.4 is 0 Å². The SMILES string of the molecule is O=C1CCCN(C(=O)c2cncc(Br)c2)C1. The van der Waals surface area contributed by atoms with E-state index < -0.39 is 0 Å². The zero-order valence-corrected chi connectivity index (χ0v) is 10.2. The highest BCUT2D eigenvalue weighted by atomic mass is 79.9. The Labute approximate surface area is 102 Å². The van der Waals surface area contributed by atoms with Crippen molar-refractivity contribution >= 4 is 27.6 Å². The number of likely N-dealkylation sites (tertiary alicyclic amines) is 1. The average Bonchev–Trinajstić information content (AvgIpc) is 2.28. The number of piperidine rings is 1.